The van der Waals surface area contributed by atoms with Crippen molar-refractivity contribution in [3.05, 3.63) is 0 Å². The number of hydrogen-bond acceptors (Lipinski definition) is 2. The van der Waals surface area contributed by atoms with Gasteiger partial charge in [-0.2, -0.15) is 0 Å². The van der Waals surface area contributed by atoms with Crippen molar-refractivity contribution in [2.75, 3.05) is 7.11 Å². The largest absolute Gasteiger partial charge is 0.381 e. The van der Waals surface area contributed by atoms with Crippen molar-refractivity contribution in [3.63, 3.8) is 0 Å². The molecule has 0 aromatic carbocycles. The normalized spacial score (nSPS) is 40.1. The molecule has 1 aliphatic heterocycles. The summed E-state index contributed by atoms with van der Waals surface area (Å²) in [5.74, 6) is 0. The molecule has 0 radical (unpaired) electrons. The highest BCUT2D eigenvalue weighted by molar-refractivity contribution is 7.80. The summed E-state index contributed by atoms with van der Waals surface area (Å²) in [6.45, 7) is 0. The van der Waals surface area contributed by atoms with E-state index in [0.29, 0.717) is 18.2 Å². The maximum absolute atomic E-state index is 5.32. The molecule has 1 heterocycles. The molecule has 3 nitrogen and oxygen atoms in total. The van der Waals surface area contributed by atoms with Crippen LogP contribution >= 0.6 is 12.2 Å². The van der Waals surface area contributed by atoms with Crippen LogP contribution in [0.25, 0.3) is 0 Å². The molecule has 1 saturated carbocycles. The fourth-order valence-corrected chi connectivity index (χ4v) is 2.36. The van der Waals surface area contributed by atoms with E-state index in [2.05, 4.69) is 10.6 Å². The molecule has 2 aliphatic rings. The lowest BCUT2D eigenvalue weighted by atomic mass is 9.89. The van der Waals surface area contributed by atoms with Gasteiger partial charge in [-0.15, -0.1) is 0 Å². The molecule has 1 aliphatic carbocycles. The van der Waals surface area contributed by atoms with Gasteiger partial charge >= 0.3 is 0 Å². The Morgan fingerprint density at radius 3 is 2.83 bits per heavy atom. The summed E-state index contributed by atoms with van der Waals surface area (Å²) in [5, 5.41) is 7.33. The first-order valence-electron chi connectivity index (χ1n) is 4.39. The summed E-state index contributed by atoms with van der Waals surface area (Å²) < 4.78 is 5.32. The van der Waals surface area contributed by atoms with Crippen LogP contribution in [0.3, 0.4) is 0 Å². The molecule has 4 heteroatoms. The smallest absolute Gasteiger partial charge is 0.166 e. The minimum atomic E-state index is 0.418. The van der Waals surface area contributed by atoms with Crippen molar-refractivity contribution in [2.45, 2.75) is 37.5 Å². The number of fused-ring (bicyclic) bond motifs is 1. The van der Waals surface area contributed by atoms with Crippen LogP contribution in [0.1, 0.15) is 19.3 Å². The Morgan fingerprint density at radius 2 is 2.08 bits per heavy atom. The molecule has 3 unspecified atom stereocenters. The van der Waals surface area contributed by atoms with E-state index in [-0.39, 0.29) is 0 Å². The second-order valence-corrected chi connectivity index (χ2v) is 3.91. The summed E-state index contributed by atoms with van der Waals surface area (Å²) in [5.41, 5.74) is 0. The van der Waals surface area contributed by atoms with E-state index < -0.39 is 0 Å². The predicted octanol–water partition coefficient (Wildman–Crippen LogP) is 0.400. The third-order valence-corrected chi connectivity index (χ3v) is 3.00. The molecule has 0 amide bonds. The summed E-state index contributed by atoms with van der Waals surface area (Å²) in [6, 6.07) is 1.04. The Hall–Kier alpha value is -0.350. The molecular weight excluding hydrogens is 172 g/mol. The topological polar surface area (TPSA) is 33.3 Å². The van der Waals surface area contributed by atoms with Gasteiger partial charge in [0, 0.05) is 13.2 Å². The molecule has 3 atom stereocenters. The molecule has 0 bridgehead atoms. The Morgan fingerprint density at radius 1 is 1.33 bits per heavy atom. The first kappa shape index (κ1) is 8.26. The van der Waals surface area contributed by atoms with Crippen molar-refractivity contribution in [1.29, 1.82) is 0 Å². The van der Waals surface area contributed by atoms with Crippen molar-refractivity contribution < 1.29 is 4.74 Å². The van der Waals surface area contributed by atoms with E-state index in [9.17, 15) is 0 Å². The average molecular weight is 186 g/mol. The van der Waals surface area contributed by atoms with Gasteiger partial charge in [-0.25, -0.2) is 0 Å². The Labute approximate surface area is 77.9 Å². The molecule has 1 saturated heterocycles. The highest BCUT2D eigenvalue weighted by Crippen LogP contribution is 2.23. The molecule has 68 valence electrons. The highest BCUT2D eigenvalue weighted by Gasteiger charge is 2.35. The predicted molar refractivity (Wildman–Crippen MR) is 51.1 cm³/mol. The lowest BCUT2D eigenvalue weighted by molar-refractivity contribution is 0.0578. The molecule has 0 aromatic rings. The van der Waals surface area contributed by atoms with Crippen LogP contribution in [-0.4, -0.2) is 30.4 Å². The Kier molecular flexibility index (Phi) is 2.19. The average Bonchev–Trinajstić information content (AvgIpc) is 2.43. The second kappa shape index (κ2) is 3.18. The van der Waals surface area contributed by atoms with E-state index in [4.69, 9.17) is 17.0 Å². The van der Waals surface area contributed by atoms with Crippen LogP contribution in [0, 0.1) is 0 Å². The van der Waals surface area contributed by atoms with Gasteiger partial charge in [0.05, 0.1) is 12.1 Å². The zero-order valence-corrected chi connectivity index (χ0v) is 7.99. The monoisotopic (exact) mass is 186 g/mol. The fraction of sp³-hybridized carbons (Fsp3) is 0.875. The zero-order chi connectivity index (χ0) is 8.55. The minimum Gasteiger partial charge on any atom is -0.381 e. The van der Waals surface area contributed by atoms with Gasteiger partial charge in [-0.3, -0.25) is 0 Å². The van der Waals surface area contributed by atoms with Crippen LogP contribution in [0.15, 0.2) is 0 Å². The van der Waals surface area contributed by atoms with E-state index in [1.807, 2.05) is 0 Å². The molecule has 12 heavy (non-hydrogen) atoms. The van der Waals surface area contributed by atoms with Gasteiger partial charge in [0.1, 0.15) is 0 Å². The number of ether oxygens (including phenoxy) is 1. The summed E-state index contributed by atoms with van der Waals surface area (Å²) in [4.78, 5) is 0. The standard InChI is InChI=1S/C8H14N2OS/c1-11-5-2-3-6-7(4-5)10-8(12)9-6/h5-7H,2-4H2,1H3,(H2,9,10,12). The minimum absolute atomic E-state index is 0.418. The molecule has 2 N–H and O–H groups in total. The molecule has 0 spiro atoms. The van der Waals surface area contributed by atoms with E-state index in [1.165, 1.54) is 0 Å². The van der Waals surface area contributed by atoms with Gasteiger partial charge in [-0.05, 0) is 31.5 Å². The molecular formula is C8H14N2OS. The lowest BCUT2D eigenvalue weighted by Crippen LogP contribution is -2.41. The summed E-state index contributed by atoms with van der Waals surface area (Å²) >= 11 is 5.05. The SMILES string of the molecule is COC1CCC2NC(=S)NC2C1. The molecule has 0 aromatic heterocycles. The van der Waals surface area contributed by atoms with Gasteiger partial charge in [0.2, 0.25) is 0 Å². The number of thiocarbonyl (C=S) groups is 1. The zero-order valence-electron chi connectivity index (χ0n) is 7.17. The highest BCUT2D eigenvalue weighted by atomic mass is 32.1. The molecule has 2 rings (SSSR count). The van der Waals surface area contributed by atoms with Crippen LogP contribution in [0.2, 0.25) is 0 Å². The number of rotatable bonds is 1. The Bertz CT molecular complexity index is 197. The van der Waals surface area contributed by atoms with Crippen molar-refractivity contribution in [1.82, 2.24) is 10.6 Å². The maximum Gasteiger partial charge on any atom is 0.166 e. The van der Waals surface area contributed by atoms with Gasteiger partial charge in [-0.1, -0.05) is 0 Å². The molecule has 2 fully saturated rings. The van der Waals surface area contributed by atoms with Crippen LogP contribution in [0.5, 0.6) is 0 Å². The van der Waals surface area contributed by atoms with Crippen LogP contribution in [0.4, 0.5) is 0 Å². The van der Waals surface area contributed by atoms with Crippen molar-refractivity contribution in [2.24, 2.45) is 0 Å². The van der Waals surface area contributed by atoms with Crippen molar-refractivity contribution >= 4 is 17.3 Å². The van der Waals surface area contributed by atoms with Gasteiger partial charge in [0.25, 0.3) is 0 Å². The first-order valence-corrected chi connectivity index (χ1v) is 4.80. The fourth-order valence-electron chi connectivity index (χ4n) is 2.06. The third-order valence-electron chi connectivity index (χ3n) is 2.77. The Balaban J connectivity index is 1.97. The summed E-state index contributed by atoms with van der Waals surface area (Å²) in [6.07, 6.45) is 3.81. The van der Waals surface area contributed by atoms with Crippen LogP contribution in [-0.2, 0) is 4.74 Å². The third kappa shape index (κ3) is 1.41. The van der Waals surface area contributed by atoms with Gasteiger partial charge in [0.15, 0.2) is 5.11 Å². The lowest BCUT2D eigenvalue weighted by Gasteiger charge is -2.29. The quantitative estimate of drug-likeness (QED) is 0.581. The van der Waals surface area contributed by atoms with E-state index in [1.54, 1.807) is 7.11 Å². The first-order chi connectivity index (χ1) is 5.79. The van der Waals surface area contributed by atoms with E-state index >= 15 is 0 Å². The number of methoxy groups -OCH3 is 1. The second-order valence-electron chi connectivity index (χ2n) is 3.50. The van der Waals surface area contributed by atoms with E-state index in [0.717, 1.165) is 24.4 Å². The summed E-state index contributed by atoms with van der Waals surface area (Å²) in [7, 11) is 1.78. The number of nitrogens with one attached hydrogen (secondary N) is 2. The maximum atomic E-state index is 5.32. The number of hydrogen-bond donors (Lipinski definition) is 2. The van der Waals surface area contributed by atoms with Crippen LogP contribution < -0.4 is 10.6 Å². The van der Waals surface area contributed by atoms with Gasteiger partial charge < -0.3 is 15.4 Å². The van der Waals surface area contributed by atoms with Crippen molar-refractivity contribution in [3.8, 4) is 0 Å².